The van der Waals surface area contributed by atoms with Gasteiger partial charge in [-0.25, -0.2) is 0 Å². The van der Waals surface area contributed by atoms with Gasteiger partial charge in [-0.2, -0.15) is 0 Å². The highest BCUT2D eigenvalue weighted by atomic mass is 16.2. The van der Waals surface area contributed by atoms with Gasteiger partial charge in [0.05, 0.1) is 11.9 Å². The van der Waals surface area contributed by atoms with Crippen molar-refractivity contribution in [3.63, 3.8) is 0 Å². The first-order chi connectivity index (χ1) is 13.9. The lowest BCUT2D eigenvalue weighted by Crippen LogP contribution is -2.59. The summed E-state index contributed by atoms with van der Waals surface area (Å²) in [5.41, 5.74) is 4.42. The molecule has 1 unspecified atom stereocenters. The predicted octanol–water partition coefficient (Wildman–Crippen LogP) is 4.89. The van der Waals surface area contributed by atoms with Crippen LogP contribution in [0.1, 0.15) is 65.0 Å². The number of nitrogens with zero attached hydrogens (tertiary/aromatic N) is 3. The summed E-state index contributed by atoms with van der Waals surface area (Å²) >= 11 is 0. The maximum atomic E-state index is 12.3. The number of rotatable bonds is 1. The van der Waals surface area contributed by atoms with Crippen molar-refractivity contribution in [3.05, 3.63) is 42.0 Å². The average molecular weight is 392 g/mol. The zero-order chi connectivity index (χ0) is 20.4. The van der Waals surface area contributed by atoms with Gasteiger partial charge in [-0.1, -0.05) is 25.5 Å². The number of fused-ring (bicyclic) bond motifs is 5. The molecular formula is C25H33N3O. The van der Waals surface area contributed by atoms with E-state index in [1.165, 1.54) is 37.7 Å². The third-order valence-electron chi connectivity index (χ3n) is 9.31. The van der Waals surface area contributed by atoms with Crippen molar-refractivity contribution in [1.82, 2.24) is 14.9 Å². The van der Waals surface area contributed by atoms with Crippen molar-refractivity contribution >= 4 is 11.5 Å². The fourth-order valence-corrected chi connectivity index (χ4v) is 7.81. The number of carbonyl (C=O) groups is 1. The molecule has 3 fully saturated rings. The number of hydrogen-bond acceptors (Lipinski definition) is 3. The Morgan fingerprint density at radius 3 is 2.72 bits per heavy atom. The van der Waals surface area contributed by atoms with Crippen molar-refractivity contribution in [2.75, 3.05) is 7.05 Å². The van der Waals surface area contributed by atoms with Gasteiger partial charge in [0.25, 0.3) is 0 Å². The molecule has 4 nitrogen and oxygen atoms in total. The van der Waals surface area contributed by atoms with Crippen molar-refractivity contribution in [2.24, 2.45) is 28.6 Å². The van der Waals surface area contributed by atoms with Gasteiger partial charge in [0.15, 0.2) is 0 Å². The van der Waals surface area contributed by atoms with Crippen LogP contribution < -0.4 is 0 Å². The normalized spacial score (nSPS) is 42.9. The molecule has 0 spiro atoms. The molecule has 154 valence electrons. The van der Waals surface area contributed by atoms with Gasteiger partial charge in [-0.3, -0.25) is 14.8 Å². The Labute approximate surface area is 174 Å². The summed E-state index contributed by atoms with van der Waals surface area (Å²) in [7, 11) is 2.00. The molecule has 29 heavy (non-hydrogen) atoms. The van der Waals surface area contributed by atoms with Crippen molar-refractivity contribution in [3.8, 4) is 0 Å². The lowest BCUT2D eigenvalue weighted by Gasteiger charge is -2.59. The number of likely N-dealkylation sites (N-methyl/N-ethyl adjacent to an activating group) is 1. The maximum Gasteiger partial charge on any atom is 0.246 e. The maximum absolute atomic E-state index is 12.3. The number of carbonyl (C=O) groups excluding carboxylic acids is 1. The second kappa shape index (κ2) is 6.52. The Kier molecular flexibility index (Phi) is 4.27. The van der Waals surface area contributed by atoms with Crippen molar-refractivity contribution in [2.45, 2.75) is 65.3 Å². The van der Waals surface area contributed by atoms with Crippen molar-refractivity contribution in [1.29, 1.82) is 0 Å². The van der Waals surface area contributed by atoms with Crippen LogP contribution in [0.2, 0.25) is 0 Å². The lowest BCUT2D eigenvalue weighted by atomic mass is 9.48. The van der Waals surface area contributed by atoms with Gasteiger partial charge in [-0.05, 0) is 80.3 Å². The third kappa shape index (κ3) is 2.60. The molecular weight excluding hydrogens is 358 g/mol. The van der Waals surface area contributed by atoms with E-state index in [0.717, 1.165) is 24.0 Å². The molecule has 3 aliphatic carbocycles. The van der Waals surface area contributed by atoms with Crippen LogP contribution in [-0.4, -0.2) is 33.9 Å². The quantitative estimate of drug-likeness (QED) is 0.685. The minimum atomic E-state index is 0.124. The number of amides is 1. The molecule has 2 heterocycles. The summed E-state index contributed by atoms with van der Waals surface area (Å²) in [4.78, 5) is 23.2. The highest BCUT2D eigenvalue weighted by molar-refractivity contribution is 5.89. The standard InChI is InChI=1S/C25H33N3O/c1-16(21-15-26-13-14-27-21)18-6-7-19-17-5-8-22-25(3,12-10-23(29)28(22)4)20(17)9-11-24(18,19)2/h10,12-15,17,19-20,22H,5-9,11H2,1-4H3/t17-,19-,20-,22?,24+,25+/m0/s1. The monoisotopic (exact) mass is 391 g/mol. The van der Waals surface area contributed by atoms with Gasteiger partial charge < -0.3 is 4.90 Å². The Morgan fingerprint density at radius 1 is 1.14 bits per heavy atom. The molecule has 0 saturated heterocycles. The van der Waals surface area contributed by atoms with Crippen LogP contribution in [0.15, 0.2) is 36.3 Å². The predicted molar refractivity (Wildman–Crippen MR) is 115 cm³/mol. The Bertz CT molecular complexity index is 891. The molecule has 1 amide bonds. The highest BCUT2D eigenvalue weighted by Crippen LogP contribution is 2.66. The first-order valence-corrected chi connectivity index (χ1v) is 11.3. The largest absolute Gasteiger partial charge is 0.338 e. The van der Waals surface area contributed by atoms with Crippen molar-refractivity contribution < 1.29 is 4.79 Å². The minimum Gasteiger partial charge on any atom is -0.338 e. The molecule has 4 aliphatic rings. The van der Waals surface area contributed by atoms with E-state index in [2.05, 4.69) is 36.8 Å². The molecule has 4 heteroatoms. The summed E-state index contributed by atoms with van der Waals surface area (Å²) in [6.45, 7) is 7.20. The Morgan fingerprint density at radius 2 is 1.97 bits per heavy atom. The highest BCUT2D eigenvalue weighted by Gasteiger charge is 2.59. The average Bonchev–Trinajstić information content (AvgIpc) is 3.08. The molecule has 3 saturated carbocycles. The zero-order valence-electron chi connectivity index (χ0n) is 18.2. The molecule has 0 N–H and O–H groups in total. The molecule has 0 bridgehead atoms. The third-order valence-corrected chi connectivity index (χ3v) is 9.31. The molecule has 0 radical (unpaired) electrons. The first kappa shape index (κ1) is 19.0. The zero-order valence-corrected chi connectivity index (χ0v) is 18.2. The van der Waals surface area contributed by atoms with Gasteiger partial charge >= 0.3 is 0 Å². The molecule has 0 aromatic carbocycles. The molecule has 1 aliphatic heterocycles. The number of allylic oxidation sites excluding steroid dienone is 2. The van der Waals surface area contributed by atoms with E-state index in [4.69, 9.17) is 0 Å². The van der Waals surface area contributed by atoms with Crippen LogP contribution in [0.25, 0.3) is 5.57 Å². The van der Waals surface area contributed by atoms with Gasteiger partial charge in [-0.15, -0.1) is 0 Å². The summed E-state index contributed by atoms with van der Waals surface area (Å²) < 4.78 is 0. The minimum absolute atomic E-state index is 0.124. The van der Waals surface area contributed by atoms with E-state index >= 15 is 0 Å². The van der Waals surface area contributed by atoms with E-state index in [1.54, 1.807) is 18.0 Å². The molecule has 1 aromatic rings. The fraction of sp³-hybridized carbons (Fsp3) is 0.640. The van der Waals surface area contributed by atoms with Gasteiger partial charge in [0.2, 0.25) is 5.91 Å². The second-order valence-electron chi connectivity index (χ2n) is 10.3. The Hall–Kier alpha value is -1.97. The summed E-state index contributed by atoms with van der Waals surface area (Å²) in [6, 6.07) is 0.364. The van der Waals surface area contributed by atoms with Gasteiger partial charge in [0, 0.05) is 30.9 Å². The Balaban J connectivity index is 1.50. The number of hydrogen-bond donors (Lipinski definition) is 0. The summed E-state index contributed by atoms with van der Waals surface area (Å²) in [6.07, 6.45) is 17.0. The molecule has 5 rings (SSSR count). The van der Waals surface area contributed by atoms with E-state index < -0.39 is 0 Å². The van der Waals surface area contributed by atoms with E-state index in [9.17, 15) is 4.79 Å². The van der Waals surface area contributed by atoms with Crippen LogP contribution in [0.4, 0.5) is 0 Å². The second-order valence-corrected chi connectivity index (χ2v) is 10.3. The van der Waals surface area contributed by atoms with E-state index in [-0.39, 0.29) is 16.7 Å². The van der Waals surface area contributed by atoms with Crippen LogP contribution >= 0.6 is 0 Å². The summed E-state index contributed by atoms with van der Waals surface area (Å²) in [5, 5.41) is 0. The topological polar surface area (TPSA) is 46.1 Å². The smallest absolute Gasteiger partial charge is 0.246 e. The van der Waals surface area contributed by atoms with E-state index in [0.29, 0.717) is 12.0 Å². The first-order valence-electron chi connectivity index (χ1n) is 11.3. The fourth-order valence-electron chi connectivity index (χ4n) is 7.81. The molecule has 6 atom stereocenters. The van der Waals surface area contributed by atoms with E-state index in [1.807, 2.05) is 24.2 Å². The van der Waals surface area contributed by atoms with Crippen LogP contribution in [0, 0.1) is 28.6 Å². The molecule has 1 aromatic heterocycles. The lowest BCUT2D eigenvalue weighted by molar-refractivity contribution is -0.137. The number of aromatic nitrogens is 2. The van der Waals surface area contributed by atoms with Crippen LogP contribution in [-0.2, 0) is 4.79 Å². The van der Waals surface area contributed by atoms with Crippen LogP contribution in [0.5, 0.6) is 0 Å². The SMILES string of the molecule is CC(=C1CC[C@H]2[C@@H]3CCC4N(C)C(=O)C=C[C@]4(C)[C@H]3CC[C@]12C)c1cnccn1. The van der Waals surface area contributed by atoms with Gasteiger partial charge in [0.1, 0.15) is 0 Å². The van der Waals surface area contributed by atoms with Crippen LogP contribution in [0.3, 0.4) is 0 Å². The summed E-state index contributed by atoms with van der Waals surface area (Å²) in [5.74, 6) is 2.37.